The van der Waals surface area contributed by atoms with Crippen molar-refractivity contribution in [3.05, 3.63) is 23.3 Å². The van der Waals surface area contributed by atoms with Crippen molar-refractivity contribution in [2.24, 2.45) is 0 Å². The van der Waals surface area contributed by atoms with Crippen molar-refractivity contribution in [1.29, 1.82) is 0 Å². The minimum absolute atomic E-state index is 0.225. The van der Waals surface area contributed by atoms with E-state index in [-0.39, 0.29) is 5.78 Å². The SMILES string of the molecule is CC(=O)CSC1=CCNC=C1. The zero-order chi connectivity index (χ0) is 8.10. The molecule has 60 valence electrons. The molecule has 0 radical (unpaired) electrons. The first-order valence-corrected chi connectivity index (χ1v) is 4.50. The van der Waals surface area contributed by atoms with Crippen molar-refractivity contribution >= 4 is 17.5 Å². The van der Waals surface area contributed by atoms with Crippen molar-refractivity contribution < 1.29 is 4.79 Å². The molecule has 2 nitrogen and oxygen atoms in total. The van der Waals surface area contributed by atoms with E-state index in [9.17, 15) is 4.79 Å². The van der Waals surface area contributed by atoms with Gasteiger partial charge in [-0.25, -0.2) is 0 Å². The van der Waals surface area contributed by atoms with Crippen molar-refractivity contribution in [3.63, 3.8) is 0 Å². The maximum absolute atomic E-state index is 10.6. The molecule has 0 bridgehead atoms. The van der Waals surface area contributed by atoms with Gasteiger partial charge in [0.05, 0.1) is 5.75 Å². The smallest absolute Gasteiger partial charge is 0.140 e. The summed E-state index contributed by atoms with van der Waals surface area (Å²) in [7, 11) is 0. The number of nitrogens with one attached hydrogen (secondary N) is 1. The van der Waals surface area contributed by atoms with E-state index < -0.39 is 0 Å². The molecule has 0 aliphatic carbocycles. The van der Waals surface area contributed by atoms with Gasteiger partial charge in [0.1, 0.15) is 5.78 Å². The highest BCUT2D eigenvalue weighted by molar-refractivity contribution is 8.03. The Morgan fingerprint density at radius 2 is 2.64 bits per heavy atom. The molecule has 1 aliphatic rings. The number of allylic oxidation sites excluding steroid dienone is 1. The number of ketones is 1. The van der Waals surface area contributed by atoms with Gasteiger partial charge in [0.2, 0.25) is 0 Å². The summed E-state index contributed by atoms with van der Waals surface area (Å²) in [5.41, 5.74) is 0. The zero-order valence-corrected chi connectivity index (χ0v) is 7.28. The summed E-state index contributed by atoms with van der Waals surface area (Å²) in [5.74, 6) is 0.804. The Morgan fingerprint density at radius 1 is 1.82 bits per heavy atom. The fourth-order valence-corrected chi connectivity index (χ4v) is 1.46. The van der Waals surface area contributed by atoms with Crippen LogP contribution in [0.4, 0.5) is 0 Å². The minimum Gasteiger partial charge on any atom is -0.387 e. The Balaban J connectivity index is 2.31. The van der Waals surface area contributed by atoms with Gasteiger partial charge in [0, 0.05) is 11.4 Å². The van der Waals surface area contributed by atoms with Gasteiger partial charge in [-0.3, -0.25) is 4.79 Å². The summed E-state index contributed by atoms with van der Waals surface area (Å²) in [6.07, 6.45) is 5.97. The quantitative estimate of drug-likeness (QED) is 0.690. The third-order valence-corrected chi connectivity index (χ3v) is 2.42. The lowest BCUT2D eigenvalue weighted by molar-refractivity contribution is -0.114. The number of carbonyl (C=O) groups excluding carboxylic acids is 1. The third-order valence-electron chi connectivity index (χ3n) is 1.23. The van der Waals surface area contributed by atoms with Gasteiger partial charge in [0.25, 0.3) is 0 Å². The molecule has 11 heavy (non-hydrogen) atoms. The molecule has 0 amide bonds. The lowest BCUT2D eigenvalue weighted by Gasteiger charge is -2.05. The van der Waals surface area contributed by atoms with Gasteiger partial charge in [-0.2, -0.15) is 0 Å². The van der Waals surface area contributed by atoms with Crippen LogP contribution in [0.15, 0.2) is 23.3 Å². The summed E-state index contributed by atoms with van der Waals surface area (Å²) in [6.45, 7) is 2.48. The summed E-state index contributed by atoms with van der Waals surface area (Å²) < 4.78 is 0. The molecule has 0 fully saturated rings. The molecule has 1 N–H and O–H groups in total. The Hall–Kier alpha value is -0.700. The Bertz CT molecular complexity index is 208. The van der Waals surface area contributed by atoms with E-state index in [1.54, 1.807) is 18.7 Å². The number of thioether (sulfide) groups is 1. The fraction of sp³-hybridized carbons (Fsp3) is 0.375. The molecule has 0 aromatic carbocycles. The van der Waals surface area contributed by atoms with Crippen LogP contribution in [0.3, 0.4) is 0 Å². The van der Waals surface area contributed by atoms with Crippen LogP contribution in [0.5, 0.6) is 0 Å². The zero-order valence-electron chi connectivity index (χ0n) is 6.46. The topological polar surface area (TPSA) is 29.1 Å². The first kappa shape index (κ1) is 8.40. The number of dihydropyridines is 1. The van der Waals surface area contributed by atoms with E-state index >= 15 is 0 Å². The summed E-state index contributed by atoms with van der Waals surface area (Å²) in [5, 5.41) is 3.05. The van der Waals surface area contributed by atoms with E-state index in [1.807, 2.05) is 12.3 Å². The van der Waals surface area contributed by atoms with Crippen molar-refractivity contribution in [2.75, 3.05) is 12.3 Å². The van der Waals surface area contributed by atoms with Crippen molar-refractivity contribution in [2.45, 2.75) is 6.92 Å². The molecule has 0 atom stereocenters. The van der Waals surface area contributed by atoms with Crippen LogP contribution in [-0.4, -0.2) is 18.1 Å². The molecule has 1 rings (SSSR count). The van der Waals surface area contributed by atoms with E-state index in [0.29, 0.717) is 5.75 Å². The predicted octanol–water partition coefficient (Wildman–Crippen LogP) is 1.31. The second-order valence-corrected chi connectivity index (χ2v) is 3.39. The van der Waals surface area contributed by atoms with Crippen LogP contribution in [0.1, 0.15) is 6.92 Å². The second-order valence-electron chi connectivity index (χ2n) is 2.34. The molecule has 0 saturated carbocycles. The van der Waals surface area contributed by atoms with Crippen molar-refractivity contribution in [1.82, 2.24) is 5.32 Å². The maximum atomic E-state index is 10.6. The van der Waals surface area contributed by atoms with Crippen LogP contribution in [0, 0.1) is 0 Å². The largest absolute Gasteiger partial charge is 0.387 e. The average molecular weight is 169 g/mol. The summed E-state index contributed by atoms with van der Waals surface area (Å²) in [4.78, 5) is 11.8. The predicted molar refractivity (Wildman–Crippen MR) is 48.4 cm³/mol. The van der Waals surface area contributed by atoms with Crippen LogP contribution >= 0.6 is 11.8 Å². The first-order valence-electron chi connectivity index (χ1n) is 3.51. The molecular weight excluding hydrogens is 158 g/mol. The van der Waals surface area contributed by atoms with Gasteiger partial charge in [0.15, 0.2) is 0 Å². The normalized spacial score (nSPS) is 15.5. The standard InChI is InChI=1S/C8H11NOS/c1-7(10)6-11-8-2-4-9-5-3-8/h2-4,9H,5-6H2,1H3. The van der Waals surface area contributed by atoms with E-state index in [1.165, 1.54) is 4.91 Å². The lowest BCUT2D eigenvalue weighted by Crippen LogP contribution is -2.08. The molecule has 1 heterocycles. The van der Waals surface area contributed by atoms with Crippen LogP contribution in [-0.2, 0) is 4.79 Å². The average Bonchev–Trinajstić information content (AvgIpc) is 2.03. The highest BCUT2D eigenvalue weighted by Gasteiger charge is 1.98. The second kappa shape index (κ2) is 4.23. The van der Waals surface area contributed by atoms with Gasteiger partial charge in [-0.05, 0) is 19.2 Å². The van der Waals surface area contributed by atoms with E-state index in [0.717, 1.165) is 6.54 Å². The summed E-state index contributed by atoms with van der Waals surface area (Å²) >= 11 is 1.59. The van der Waals surface area contributed by atoms with Crippen LogP contribution < -0.4 is 5.32 Å². The monoisotopic (exact) mass is 169 g/mol. The molecule has 0 unspecified atom stereocenters. The summed E-state index contributed by atoms with van der Waals surface area (Å²) in [6, 6.07) is 0. The Morgan fingerprint density at radius 3 is 3.18 bits per heavy atom. The fourth-order valence-electron chi connectivity index (χ4n) is 0.729. The highest BCUT2D eigenvalue weighted by Crippen LogP contribution is 2.17. The molecule has 0 aromatic rings. The molecule has 0 aromatic heterocycles. The maximum Gasteiger partial charge on any atom is 0.140 e. The minimum atomic E-state index is 0.225. The highest BCUT2D eigenvalue weighted by atomic mass is 32.2. The van der Waals surface area contributed by atoms with E-state index in [4.69, 9.17) is 0 Å². The number of Topliss-reactive ketones (excluding diaryl/α,β-unsaturated/α-hetero) is 1. The third kappa shape index (κ3) is 3.28. The van der Waals surface area contributed by atoms with Crippen LogP contribution in [0.25, 0.3) is 0 Å². The Labute approximate surface area is 70.7 Å². The molecule has 3 heteroatoms. The molecule has 1 aliphatic heterocycles. The van der Waals surface area contributed by atoms with Crippen LogP contribution in [0.2, 0.25) is 0 Å². The first-order chi connectivity index (χ1) is 5.29. The molecule has 0 spiro atoms. The number of hydrogen-bond acceptors (Lipinski definition) is 3. The number of carbonyl (C=O) groups is 1. The Kier molecular flexibility index (Phi) is 3.23. The molecular formula is C8H11NOS. The van der Waals surface area contributed by atoms with Gasteiger partial charge in [-0.1, -0.05) is 6.08 Å². The lowest BCUT2D eigenvalue weighted by atomic mass is 10.4. The molecule has 0 saturated heterocycles. The van der Waals surface area contributed by atoms with Crippen molar-refractivity contribution in [3.8, 4) is 0 Å². The van der Waals surface area contributed by atoms with E-state index in [2.05, 4.69) is 11.4 Å². The van der Waals surface area contributed by atoms with Gasteiger partial charge >= 0.3 is 0 Å². The number of rotatable bonds is 3. The number of hydrogen-bond donors (Lipinski definition) is 1. The van der Waals surface area contributed by atoms with Gasteiger partial charge < -0.3 is 5.32 Å². The van der Waals surface area contributed by atoms with Gasteiger partial charge in [-0.15, -0.1) is 11.8 Å².